The van der Waals surface area contributed by atoms with Crippen molar-refractivity contribution in [2.75, 3.05) is 0 Å². The molecule has 1 N–H and O–H groups in total. The van der Waals surface area contributed by atoms with Crippen LogP contribution in [0.4, 0.5) is 0 Å². The van der Waals surface area contributed by atoms with Crippen molar-refractivity contribution < 1.29 is 8.76 Å². The molecule has 50 valence electrons. The summed E-state index contributed by atoms with van der Waals surface area (Å²) in [6.07, 6.45) is 0. The van der Waals surface area contributed by atoms with Crippen LogP contribution < -0.4 is 0 Å². The Morgan fingerprint density at radius 3 is 2.00 bits per heavy atom. The first-order valence-corrected chi connectivity index (χ1v) is 3.57. The van der Waals surface area contributed by atoms with Crippen LogP contribution in [0.1, 0.15) is 0 Å². The zero-order valence-corrected chi connectivity index (χ0v) is 10.6. The summed E-state index contributed by atoms with van der Waals surface area (Å²) in [5, 5.41) is 0. The molecule has 2 nitrogen and oxygen atoms in total. The molecule has 4 heteroatoms. The molecule has 0 aliphatic heterocycles. The normalized spacial score (nSPS) is 11.7. The van der Waals surface area contributed by atoms with E-state index in [1.165, 1.54) is 0 Å². The molecule has 1 atom stereocenters. The van der Waals surface area contributed by atoms with E-state index >= 15 is 0 Å². The largest absolute Gasteiger partial charge is 0.302 e. The minimum atomic E-state index is -1.83. The van der Waals surface area contributed by atoms with Gasteiger partial charge >= 0.3 is 0 Å². The van der Waals surface area contributed by atoms with E-state index in [1.807, 2.05) is 0 Å². The molecule has 1 rings (SSSR count). The molecule has 1 aromatic carbocycles. The fourth-order valence-electron chi connectivity index (χ4n) is 0.537. The van der Waals surface area contributed by atoms with Gasteiger partial charge in [0.05, 0.1) is 4.90 Å². The molecule has 0 aromatic heterocycles. The molecule has 0 saturated carbocycles. The Hall–Kier alpha value is 0.901. The van der Waals surface area contributed by atoms with Gasteiger partial charge in [-0.05, 0) is 12.1 Å². The van der Waals surface area contributed by atoms with Gasteiger partial charge < -0.3 is 4.55 Å². The van der Waals surface area contributed by atoms with E-state index in [1.54, 1.807) is 30.3 Å². The third kappa shape index (κ3) is 3.34. The van der Waals surface area contributed by atoms with Gasteiger partial charge in [0.15, 0.2) is 11.1 Å². The summed E-state index contributed by atoms with van der Waals surface area (Å²) in [7, 11) is 0. The van der Waals surface area contributed by atoms with Crippen molar-refractivity contribution in [1.29, 1.82) is 0 Å². The van der Waals surface area contributed by atoms with Gasteiger partial charge in [-0.25, -0.2) is 4.21 Å². The van der Waals surface area contributed by atoms with E-state index in [4.69, 9.17) is 4.55 Å². The Morgan fingerprint density at radius 1 is 1.20 bits per heavy atom. The fourth-order valence-corrected chi connectivity index (χ4v) is 0.927. The number of hydrogen-bond acceptors (Lipinski definition) is 1. The average Bonchev–Trinajstić information content (AvgIpc) is 1.90. The minimum absolute atomic E-state index is 0. The van der Waals surface area contributed by atoms with E-state index in [0.717, 1.165) is 0 Å². The Morgan fingerprint density at radius 2 is 1.70 bits per heavy atom. The summed E-state index contributed by atoms with van der Waals surface area (Å²) in [4.78, 5) is 0.442. The predicted molar refractivity (Wildman–Crippen MR) is 41.2 cm³/mol. The van der Waals surface area contributed by atoms with Crippen LogP contribution in [0.3, 0.4) is 0 Å². The summed E-state index contributed by atoms with van der Waals surface area (Å²) in [5.74, 6) is 0. The third-order valence-corrected chi connectivity index (χ3v) is 1.62. The molecular formula is C6H6BaO2S. The van der Waals surface area contributed by atoms with Crippen molar-refractivity contribution in [3.63, 3.8) is 0 Å². The first kappa shape index (κ1) is 10.9. The number of hydrogen-bond donors (Lipinski definition) is 1. The zero-order valence-electron chi connectivity index (χ0n) is 5.36. The van der Waals surface area contributed by atoms with Gasteiger partial charge in [0.1, 0.15) is 0 Å². The summed E-state index contributed by atoms with van der Waals surface area (Å²) in [5.41, 5.74) is 0. The van der Waals surface area contributed by atoms with Crippen molar-refractivity contribution in [2.24, 2.45) is 0 Å². The van der Waals surface area contributed by atoms with Crippen molar-refractivity contribution in [2.45, 2.75) is 4.90 Å². The van der Waals surface area contributed by atoms with Gasteiger partial charge in [0.2, 0.25) is 0 Å². The van der Waals surface area contributed by atoms with E-state index < -0.39 is 11.1 Å². The van der Waals surface area contributed by atoms with Crippen molar-refractivity contribution >= 4 is 60.0 Å². The van der Waals surface area contributed by atoms with Crippen LogP contribution in [0.5, 0.6) is 0 Å². The van der Waals surface area contributed by atoms with Gasteiger partial charge in [0.25, 0.3) is 0 Å². The predicted octanol–water partition coefficient (Wildman–Crippen LogP) is 0.886. The SMILES string of the molecule is O=S(O)c1ccccc1.[Ba]. The molecule has 0 aliphatic carbocycles. The van der Waals surface area contributed by atoms with Crippen LogP contribution >= 0.6 is 0 Å². The monoisotopic (exact) mass is 280 g/mol. The summed E-state index contributed by atoms with van der Waals surface area (Å²) in [6, 6.07) is 8.47. The van der Waals surface area contributed by atoms with Gasteiger partial charge in [-0.15, -0.1) is 0 Å². The van der Waals surface area contributed by atoms with Crippen molar-refractivity contribution in [3.8, 4) is 0 Å². The quantitative estimate of drug-likeness (QED) is 0.612. The van der Waals surface area contributed by atoms with Crippen LogP contribution in [0, 0.1) is 0 Å². The van der Waals surface area contributed by atoms with Crippen LogP contribution in [-0.2, 0) is 11.1 Å². The smallest absolute Gasteiger partial charge is 0.186 e. The molecule has 1 unspecified atom stereocenters. The minimum Gasteiger partial charge on any atom is -0.302 e. The Labute approximate surface area is 102 Å². The Balaban J connectivity index is 0.000000810. The second-order valence-electron chi connectivity index (χ2n) is 1.56. The maximum absolute atomic E-state index is 10.3. The zero-order chi connectivity index (χ0) is 6.69. The second-order valence-corrected chi connectivity index (χ2v) is 2.53. The standard InChI is InChI=1S/C6H6O2S.Ba/c7-9(8)6-4-2-1-3-5-6;/h1-5H,(H,7,8);. The molecule has 0 aliphatic rings. The maximum atomic E-state index is 10.3. The van der Waals surface area contributed by atoms with Gasteiger partial charge in [-0.3, -0.25) is 0 Å². The van der Waals surface area contributed by atoms with E-state index in [9.17, 15) is 4.21 Å². The average molecular weight is 280 g/mol. The topological polar surface area (TPSA) is 37.3 Å². The molecule has 10 heavy (non-hydrogen) atoms. The molecule has 1 aromatic rings. The first-order valence-electron chi connectivity index (χ1n) is 2.46. The summed E-state index contributed by atoms with van der Waals surface area (Å²) < 4.78 is 18.8. The molecule has 0 amide bonds. The van der Waals surface area contributed by atoms with E-state index in [2.05, 4.69) is 0 Å². The fraction of sp³-hybridized carbons (Fsp3) is 0. The van der Waals surface area contributed by atoms with Gasteiger partial charge in [0, 0.05) is 48.9 Å². The van der Waals surface area contributed by atoms with Gasteiger partial charge in [-0.1, -0.05) is 18.2 Å². The number of rotatable bonds is 1. The molecule has 0 saturated heterocycles. The van der Waals surface area contributed by atoms with Crippen molar-refractivity contribution in [3.05, 3.63) is 30.3 Å². The molecule has 2 radical (unpaired) electrons. The van der Waals surface area contributed by atoms with Gasteiger partial charge in [-0.2, -0.15) is 0 Å². The van der Waals surface area contributed by atoms with Crippen LogP contribution in [0.2, 0.25) is 0 Å². The summed E-state index contributed by atoms with van der Waals surface area (Å²) in [6.45, 7) is 0. The van der Waals surface area contributed by atoms with E-state index in [0.29, 0.717) is 4.90 Å². The molecule has 0 heterocycles. The van der Waals surface area contributed by atoms with Crippen molar-refractivity contribution in [1.82, 2.24) is 0 Å². The Bertz CT molecular complexity index is 212. The summed E-state index contributed by atoms with van der Waals surface area (Å²) >= 11 is -1.83. The molecule has 0 fully saturated rings. The maximum Gasteiger partial charge on any atom is 0.186 e. The molecule has 0 spiro atoms. The van der Waals surface area contributed by atoms with E-state index in [-0.39, 0.29) is 48.9 Å². The van der Waals surface area contributed by atoms with Crippen LogP contribution in [-0.4, -0.2) is 57.6 Å². The molecular weight excluding hydrogens is 273 g/mol. The third-order valence-electron chi connectivity index (χ3n) is 0.945. The Kier molecular flexibility index (Phi) is 6.04. The molecule has 0 bridgehead atoms. The number of benzene rings is 1. The first-order chi connectivity index (χ1) is 4.30. The van der Waals surface area contributed by atoms with Crippen LogP contribution in [0.15, 0.2) is 35.2 Å². The second kappa shape index (κ2) is 5.54. The van der Waals surface area contributed by atoms with Crippen LogP contribution in [0.25, 0.3) is 0 Å².